The molecule has 5 heteroatoms. The highest BCUT2D eigenvalue weighted by atomic mass is 33.1. The van der Waals surface area contributed by atoms with Crippen LogP contribution in [0.15, 0.2) is 0 Å². The Hall–Kier alpha value is 0.580. The molecule has 0 spiro atoms. The smallest absolute Gasteiger partial charge is 0.0737 e. The van der Waals surface area contributed by atoms with E-state index >= 15 is 0 Å². The Labute approximate surface area is 88.1 Å². The van der Waals surface area contributed by atoms with Crippen LogP contribution in [0.1, 0.15) is 0 Å². The molecule has 1 heterocycles. The maximum absolute atomic E-state index is 5.46. The van der Waals surface area contributed by atoms with Gasteiger partial charge in [-0.15, -0.1) is 0 Å². The van der Waals surface area contributed by atoms with E-state index in [-0.39, 0.29) is 5.41 Å². The van der Waals surface area contributed by atoms with Gasteiger partial charge in [-0.25, -0.2) is 0 Å². The first-order valence-corrected chi connectivity index (χ1v) is 6.72. The molecule has 0 amide bonds. The number of rotatable bonds is 6. The van der Waals surface area contributed by atoms with Crippen molar-refractivity contribution in [2.24, 2.45) is 5.41 Å². The monoisotopic (exact) mass is 223 g/mol. The Kier molecular flexibility index (Phi) is 4.89. The third kappa shape index (κ3) is 3.67. The molecular weight excluding hydrogens is 206 g/mol. The van der Waals surface area contributed by atoms with Gasteiger partial charge in [-0.1, -0.05) is 10.8 Å². The van der Waals surface area contributed by atoms with E-state index in [2.05, 4.69) is 19.0 Å². The van der Waals surface area contributed by atoms with Crippen LogP contribution in [-0.2, 0) is 8.92 Å². The normalized spacial score (nSPS) is 20.3. The molecule has 1 rings (SSSR count). The second-order valence-corrected chi connectivity index (χ2v) is 5.84. The number of hydrogen-bond donors (Lipinski definition) is 0. The van der Waals surface area contributed by atoms with Gasteiger partial charge in [0.15, 0.2) is 0 Å². The van der Waals surface area contributed by atoms with E-state index in [0.717, 1.165) is 26.4 Å². The quantitative estimate of drug-likeness (QED) is 0.385. The second-order valence-electron chi connectivity index (χ2n) is 3.73. The van der Waals surface area contributed by atoms with E-state index in [0.29, 0.717) is 0 Å². The lowest BCUT2D eigenvalue weighted by Gasteiger charge is -2.42. The Balaban J connectivity index is 2.23. The van der Waals surface area contributed by atoms with Crippen LogP contribution in [-0.4, -0.2) is 51.6 Å². The van der Waals surface area contributed by atoms with Crippen LogP contribution < -0.4 is 0 Å². The van der Waals surface area contributed by atoms with E-state index in [1.807, 2.05) is 6.26 Å². The van der Waals surface area contributed by atoms with Crippen molar-refractivity contribution in [2.45, 2.75) is 0 Å². The summed E-state index contributed by atoms with van der Waals surface area (Å²) in [5.41, 5.74) is 0.242. The van der Waals surface area contributed by atoms with Crippen LogP contribution in [0.4, 0.5) is 0 Å². The summed E-state index contributed by atoms with van der Waals surface area (Å²) in [6.07, 6.45) is 2.01. The summed E-state index contributed by atoms with van der Waals surface area (Å²) in [4.78, 5) is 2.19. The topological polar surface area (TPSA) is 21.7 Å². The lowest BCUT2D eigenvalue weighted by molar-refractivity contribution is -0.137. The summed E-state index contributed by atoms with van der Waals surface area (Å²) < 4.78 is 10.7. The molecule has 1 fully saturated rings. The molecule has 78 valence electrons. The van der Waals surface area contributed by atoms with E-state index in [1.54, 1.807) is 10.8 Å². The van der Waals surface area contributed by atoms with E-state index in [9.17, 15) is 0 Å². The average Bonchev–Trinajstić information content (AvgIpc) is 1.99. The predicted molar refractivity (Wildman–Crippen MR) is 58.9 cm³/mol. The highest BCUT2D eigenvalue weighted by molar-refractivity contribution is 8.74. The van der Waals surface area contributed by atoms with Crippen molar-refractivity contribution in [1.82, 2.24) is 4.90 Å². The Bertz CT molecular complexity index is 151. The van der Waals surface area contributed by atoms with Gasteiger partial charge in [0, 0.05) is 6.54 Å². The minimum absolute atomic E-state index is 0.242. The molecule has 1 aliphatic heterocycles. The summed E-state index contributed by atoms with van der Waals surface area (Å²) in [5.74, 6) is 0. The first-order valence-electron chi connectivity index (χ1n) is 4.23. The summed E-state index contributed by atoms with van der Waals surface area (Å²) in [6, 6.07) is 0. The van der Waals surface area contributed by atoms with Gasteiger partial charge < -0.3 is 13.8 Å². The molecule has 0 saturated carbocycles. The maximum Gasteiger partial charge on any atom is 0.0737 e. The maximum atomic E-state index is 5.46. The Morgan fingerprint density at radius 3 is 2.54 bits per heavy atom. The predicted octanol–water partition coefficient (Wildman–Crippen LogP) is 1.51. The molecule has 0 unspecified atom stereocenters. The zero-order valence-electron chi connectivity index (χ0n) is 8.41. The van der Waals surface area contributed by atoms with Gasteiger partial charge in [0.2, 0.25) is 0 Å². The molecule has 0 aromatic rings. The fourth-order valence-electron chi connectivity index (χ4n) is 1.48. The van der Waals surface area contributed by atoms with Gasteiger partial charge in [0.25, 0.3) is 0 Å². The molecule has 0 aromatic heterocycles. The van der Waals surface area contributed by atoms with Crippen LogP contribution in [0.5, 0.6) is 0 Å². The van der Waals surface area contributed by atoms with Gasteiger partial charge in [-0.2, -0.15) is 0 Å². The Morgan fingerprint density at radius 1 is 1.46 bits per heavy atom. The van der Waals surface area contributed by atoms with Crippen LogP contribution in [0, 0.1) is 5.41 Å². The van der Waals surface area contributed by atoms with E-state index < -0.39 is 0 Å². The van der Waals surface area contributed by atoms with Crippen LogP contribution in [0.2, 0.25) is 0 Å². The molecule has 1 saturated heterocycles. The molecule has 0 radical (unpaired) electrons. The van der Waals surface area contributed by atoms with E-state index in [1.165, 1.54) is 11.1 Å². The minimum atomic E-state index is 0.242. The van der Waals surface area contributed by atoms with Crippen LogP contribution in [0.3, 0.4) is 0 Å². The van der Waals surface area contributed by atoms with Crippen molar-refractivity contribution >= 4 is 21.9 Å². The van der Waals surface area contributed by atoms with Gasteiger partial charge in [-0.3, -0.25) is 0 Å². The SMILES string of the molecule is CSSOCC1(CN(C)C)COC1. The first kappa shape index (κ1) is 11.7. The fourth-order valence-corrected chi connectivity index (χ4v) is 2.31. The number of hydrogen-bond acceptors (Lipinski definition) is 5. The largest absolute Gasteiger partial charge is 0.380 e. The number of ether oxygens (including phenoxy) is 1. The highest BCUT2D eigenvalue weighted by Gasteiger charge is 2.39. The lowest BCUT2D eigenvalue weighted by atomic mass is 9.87. The highest BCUT2D eigenvalue weighted by Crippen LogP contribution is 2.31. The molecule has 0 aliphatic carbocycles. The van der Waals surface area contributed by atoms with Crippen LogP contribution in [0.25, 0.3) is 0 Å². The van der Waals surface area contributed by atoms with Crippen molar-refractivity contribution in [3.8, 4) is 0 Å². The lowest BCUT2D eigenvalue weighted by Crippen LogP contribution is -2.52. The van der Waals surface area contributed by atoms with Crippen molar-refractivity contribution in [2.75, 3.05) is 46.7 Å². The minimum Gasteiger partial charge on any atom is -0.380 e. The molecule has 0 bridgehead atoms. The third-order valence-electron chi connectivity index (χ3n) is 1.95. The van der Waals surface area contributed by atoms with Crippen molar-refractivity contribution in [3.63, 3.8) is 0 Å². The zero-order valence-corrected chi connectivity index (χ0v) is 10.0. The average molecular weight is 223 g/mol. The van der Waals surface area contributed by atoms with Crippen molar-refractivity contribution < 1.29 is 8.92 Å². The molecule has 0 N–H and O–H groups in total. The van der Waals surface area contributed by atoms with Gasteiger partial charge >= 0.3 is 0 Å². The standard InChI is InChI=1S/C8H17NO2S2/c1-9(2)4-8(5-10-6-8)7-11-13-12-3/h4-7H2,1-3H3. The summed E-state index contributed by atoms with van der Waals surface area (Å²) >= 11 is 1.45. The first-order chi connectivity index (χ1) is 6.18. The van der Waals surface area contributed by atoms with Crippen LogP contribution >= 0.6 is 21.9 Å². The van der Waals surface area contributed by atoms with Crippen molar-refractivity contribution in [3.05, 3.63) is 0 Å². The summed E-state index contributed by atoms with van der Waals surface area (Å²) in [7, 11) is 5.81. The second kappa shape index (κ2) is 5.46. The molecular formula is C8H17NO2S2. The molecule has 0 aromatic carbocycles. The van der Waals surface area contributed by atoms with Gasteiger partial charge in [0.05, 0.1) is 36.3 Å². The molecule has 3 nitrogen and oxygen atoms in total. The van der Waals surface area contributed by atoms with Crippen molar-refractivity contribution in [1.29, 1.82) is 0 Å². The Morgan fingerprint density at radius 2 is 2.15 bits per heavy atom. The summed E-state index contributed by atoms with van der Waals surface area (Å²) in [5, 5.41) is 0. The molecule has 1 aliphatic rings. The van der Waals surface area contributed by atoms with E-state index in [4.69, 9.17) is 8.92 Å². The zero-order chi connectivity index (χ0) is 9.73. The third-order valence-corrected chi connectivity index (χ3v) is 3.00. The number of nitrogens with zero attached hydrogens (tertiary/aromatic N) is 1. The molecule has 0 atom stereocenters. The fraction of sp³-hybridized carbons (Fsp3) is 1.00. The van der Waals surface area contributed by atoms with Gasteiger partial charge in [-0.05, 0) is 20.4 Å². The van der Waals surface area contributed by atoms with Gasteiger partial charge in [0.1, 0.15) is 0 Å². The summed E-state index contributed by atoms with van der Waals surface area (Å²) in [6.45, 7) is 3.50. The molecule has 13 heavy (non-hydrogen) atoms.